The van der Waals surface area contributed by atoms with Crippen molar-refractivity contribution in [2.45, 2.75) is 25.0 Å². The Bertz CT molecular complexity index is 358. The fourth-order valence-corrected chi connectivity index (χ4v) is 3.00. The Morgan fingerprint density at radius 2 is 1.89 bits per heavy atom. The lowest BCUT2D eigenvalue weighted by molar-refractivity contribution is -0.102. The molecule has 18 heavy (non-hydrogen) atoms. The molecular weight excluding hydrogens is 343 g/mol. The maximum atomic E-state index is 6.15. The molecule has 100 valence electrons. The molecule has 1 heterocycles. The number of halogens is 1. The third-order valence-electron chi connectivity index (χ3n) is 3.35. The first kappa shape index (κ1) is 14.1. The van der Waals surface area contributed by atoms with Crippen LogP contribution >= 0.6 is 22.6 Å². The first-order valence-corrected chi connectivity index (χ1v) is 7.71. The number of hydrogen-bond acceptors (Lipinski definition) is 3. The molecule has 1 aromatic carbocycles. The van der Waals surface area contributed by atoms with Gasteiger partial charge in [-0.3, -0.25) is 0 Å². The molecule has 3 nitrogen and oxygen atoms in total. The van der Waals surface area contributed by atoms with E-state index >= 15 is 0 Å². The molecule has 0 bridgehead atoms. The van der Waals surface area contributed by atoms with Crippen molar-refractivity contribution in [1.29, 1.82) is 0 Å². The van der Waals surface area contributed by atoms with Crippen molar-refractivity contribution < 1.29 is 14.2 Å². The van der Waals surface area contributed by atoms with Crippen LogP contribution in [0, 0.1) is 0 Å². The van der Waals surface area contributed by atoms with Gasteiger partial charge in [0.15, 0.2) is 0 Å². The summed E-state index contributed by atoms with van der Waals surface area (Å²) in [6.07, 6.45) is 1.98. The zero-order chi connectivity index (χ0) is 12.8. The number of methoxy groups -OCH3 is 1. The summed E-state index contributed by atoms with van der Waals surface area (Å²) in [5, 5.41) is 0. The van der Waals surface area contributed by atoms with Gasteiger partial charge in [0.2, 0.25) is 0 Å². The molecule has 1 saturated heterocycles. The second-order valence-electron chi connectivity index (χ2n) is 4.57. The van der Waals surface area contributed by atoms with E-state index in [0.717, 1.165) is 36.2 Å². The molecule has 0 aromatic heterocycles. The van der Waals surface area contributed by atoms with Crippen LogP contribution in [0.4, 0.5) is 0 Å². The molecule has 2 rings (SSSR count). The van der Waals surface area contributed by atoms with E-state index in [4.69, 9.17) is 14.2 Å². The normalized spacial score (nSPS) is 18.6. The van der Waals surface area contributed by atoms with Crippen LogP contribution in [0.15, 0.2) is 24.3 Å². The molecule has 4 heteroatoms. The van der Waals surface area contributed by atoms with Crippen molar-refractivity contribution in [3.63, 3.8) is 0 Å². The van der Waals surface area contributed by atoms with Gasteiger partial charge in [-0.25, -0.2) is 0 Å². The predicted molar refractivity (Wildman–Crippen MR) is 79.5 cm³/mol. The third-order valence-corrected chi connectivity index (χ3v) is 4.74. The third kappa shape index (κ3) is 3.59. The van der Waals surface area contributed by atoms with Gasteiger partial charge in [0.1, 0.15) is 5.75 Å². The lowest BCUT2D eigenvalue weighted by Crippen LogP contribution is -2.40. The van der Waals surface area contributed by atoms with Crippen LogP contribution in [0.5, 0.6) is 5.75 Å². The van der Waals surface area contributed by atoms with E-state index in [1.807, 2.05) is 12.1 Å². The molecule has 0 amide bonds. The second-order valence-corrected chi connectivity index (χ2v) is 5.33. The van der Waals surface area contributed by atoms with Gasteiger partial charge in [0, 0.05) is 30.5 Å². The van der Waals surface area contributed by atoms with Gasteiger partial charge in [0.25, 0.3) is 0 Å². The lowest BCUT2D eigenvalue weighted by atomic mass is 9.96. The minimum atomic E-state index is -0.00125. The van der Waals surface area contributed by atoms with Crippen molar-refractivity contribution in [2.24, 2.45) is 0 Å². The lowest BCUT2D eigenvalue weighted by Gasteiger charge is -2.35. The van der Waals surface area contributed by atoms with Crippen LogP contribution in [-0.4, -0.2) is 30.4 Å². The summed E-state index contributed by atoms with van der Waals surface area (Å²) in [6, 6.07) is 8.05. The van der Waals surface area contributed by atoms with E-state index in [1.54, 1.807) is 7.11 Å². The fraction of sp³-hybridized carbons (Fsp3) is 0.571. The van der Waals surface area contributed by atoms with E-state index in [0.29, 0.717) is 6.61 Å². The molecule has 0 spiro atoms. The summed E-state index contributed by atoms with van der Waals surface area (Å²) in [6.45, 7) is 2.28. The molecule has 1 aliphatic rings. The van der Waals surface area contributed by atoms with Crippen LogP contribution in [0.3, 0.4) is 0 Å². The SMILES string of the molecule is COc1ccc(COC2(CI)CCOCC2)cc1. The van der Waals surface area contributed by atoms with Crippen LogP contribution in [0.1, 0.15) is 18.4 Å². The molecule has 1 aromatic rings. The highest BCUT2D eigenvalue weighted by Gasteiger charge is 2.32. The average molecular weight is 362 g/mol. The van der Waals surface area contributed by atoms with Gasteiger partial charge >= 0.3 is 0 Å². The maximum Gasteiger partial charge on any atom is 0.118 e. The van der Waals surface area contributed by atoms with E-state index in [2.05, 4.69) is 34.7 Å². The molecule has 0 radical (unpaired) electrons. The Morgan fingerprint density at radius 3 is 2.44 bits per heavy atom. The summed E-state index contributed by atoms with van der Waals surface area (Å²) in [5.41, 5.74) is 1.19. The Balaban J connectivity index is 1.92. The van der Waals surface area contributed by atoms with Gasteiger partial charge in [-0.1, -0.05) is 34.7 Å². The highest BCUT2D eigenvalue weighted by molar-refractivity contribution is 14.1. The average Bonchev–Trinajstić information content (AvgIpc) is 2.47. The Morgan fingerprint density at radius 1 is 1.22 bits per heavy atom. The van der Waals surface area contributed by atoms with Gasteiger partial charge in [0.05, 0.1) is 19.3 Å². The zero-order valence-electron chi connectivity index (χ0n) is 10.7. The van der Waals surface area contributed by atoms with Gasteiger partial charge in [-0.05, 0) is 17.7 Å². The second kappa shape index (κ2) is 6.73. The molecular formula is C14H19IO3. The number of benzene rings is 1. The predicted octanol–water partition coefficient (Wildman–Crippen LogP) is 3.20. The number of hydrogen-bond donors (Lipinski definition) is 0. The summed E-state index contributed by atoms with van der Waals surface area (Å²) < 4.78 is 17.7. The monoisotopic (exact) mass is 362 g/mol. The van der Waals surface area contributed by atoms with Crippen LogP contribution in [0.2, 0.25) is 0 Å². The maximum absolute atomic E-state index is 6.15. The van der Waals surface area contributed by atoms with Gasteiger partial charge in [-0.15, -0.1) is 0 Å². The van der Waals surface area contributed by atoms with Crippen molar-refractivity contribution >= 4 is 22.6 Å². The summed E-state index contributed by atoms with van der Waals surface area (Å²) in [7, 11) is 1.68. The fourth-order valence-electron chi connectivity index (χ4n) is 2.02. The first-order chi connectivity index (χ1) is 8.78. The minimum Gasteiger partial charge on any atom is -0.497 e. The van der Waals surface area contributed by atoms with E-state index in [9.17, 15) is 0 Å². The smallest absolute Gasteiger partial charge is 0.118 e. The van der Waals surface area contributed by atoms with Crippen LogP contribution in [0.25, 0.3) is 0 Å². The molecule has 1 fully saturated rings. The molecule has 0 unspecified atom stereocenters. The van der Waals surface area contributed by atoms with Crippen molar-refractivity contribution in [1.82, 2.24) is 0 Å². The summed E-state index contributed by atoms with van der Waals surface area (Å²) in [4.78, 5) is 0. The Labute approximate surface area is 122 Å². The van der Waals surface area contributed by atoms with Crippen molar-refractivity contribution in [3.8, 4) is 5.75 Å². The topological polar surface area (TPSA) is 27.7 Å². The Kier molecular flexibility index (Phi) is 5.26. The Hall–Kier alpha value is -0.330. The molecule has 0 N–H and O–H groups in total. The zero-order valence-corrected chi connectivity index (χ0v) is 12.8. The van der Waals surface area contributed by atoms with E-state index in [-0.39, 0.29) is 5.60 Å². The largest absolute Gasteiger partial charge is 0.497 e. The van der Waals surface area contributed by atoms with Crippen LogP contribution in [-0.2, 0) is 16.1 Å². The summed E-state index contributed by atoms with van der Waals surface area (Å²) in [5.74, 6) is 0.883. The molecule has 0 saturated carbocycles. The van der Waals surface area contributed by atoms with Crippen molar-refractivity contribution in [2.75, 3.05) is 24.8 Å². The van der Waals surface area contributed by atoms with E-state index in [1.165, 1.54) is 5.56 Å². The van der Waals surface area contributed by atoms with Gasteiger partial charge < -0.3 is 14.2 Å². The van der Waals surface area contributed by atoms with Crippen molar-refractivity contribution in [3.05, 3.63) is 29.8 Å². The molecule has 0 aliphatic carbocycles. The number of alkyl halides is 1. The molecule has 0 atom stereocenters. The number of rotatable bonds is 5. The minimum absolute atomic E-state index is 0.00125. The standard InChI is InChI=1S/C14H19IO3/c1-16-13-4-2-12(3-5-13)10-18-14(11-15)6-8-17-9-7-14/h2-5H,6-11H2,1H3. The highest BCUT2D eigenvalue weighted by atomic mass is 127. The van der Waals surface area contributed by atoms with Crippen LogP contribution < -0.4 is 4.74 Å². The van der Waals surface area contributed by atoms with E-state index < -0.39 is 0 Å². The summed E-state index contributed by atoms with van der Waals surface area (Å²) >= 11 is 2.41. The highest BCUT2D eigenvalue weighted by Crippen LogP contribution is 2.28. The molecule has 1 aliphatic heterocycles. The number of ether oxygens (including phenoxy) is 3. The first-order valence-electron chi connectivity index (χ1n) is 6.19. The van der Waals surface area contributed by atoms with Gasteiger partial charge in [-0.2, -0.15) is 0 Å². The quantitative estimate of drug-likeness (QED) is 0.595.